The van der Waals surface area contributed by atoms with Gasteiger partial charge in [-0.15, -0.1) is 0 Å². The van der Waals surface area contributed by atoms with Crippen molar-refractivity contribution in [3.63, 3.8) is 0 Å². The largest absolute Gasteiger partial charge is 0.481 e. The minimum Gasteiger partial charge on any atom is -0.481 e. The zero-order chi connectivity index (χ0) is 13.3. The quantitative estimate of drug-likeness (QED) is 0.916. The molecule has 0 saturated heterocycles. The Bertz CT molecular complexity index is 472. The van der Waals surface area contributed by atoms with E-state index in [9.17, 15) is 18.7 Å². The van der Waals surface area contributed by atoms with Crippen LogP contribution in [0.5, 0.6) is 5.75 Å². The van der Waals surface area contributed by atoms with Crippen molar-refractivity contribution in [3.8, 4) is 5.75 Å². The molecule has 0 amide bonds. The smallest absolute Gasteiger partial charge is 0.387 e. The fraction of sp³-hybridized carbons (Fsp3) is 0.417. The Kier molecular flexibility index (Phi) is 3.43. The Labute approximate surface area is 107 Å². The molecule has 0 radical (unpaired) electrons. The van der Waals surface area contributed by atoms with Crippen molar-refractivity contribution in [2.45, 2.75) is 31.3 Å². The molecule has 6 heteroatoms. The van der Waals surface area contributed by atoms with Gasteiger partial charge in [-0.2, -0.15) is 8.78 Å². The van der Waals surface area contributed by atoms with Crippen LogP contribution in [0.3, 0.4) is 0 Å². The highest BCUT2D eigenvalue weighted by atomic mass is 35.5. The number of aliphatic carboxylic acids is 1. The van der Waals surface area contributed by atoms with Crippen molar-refractivity contribution in [3.05, 3.63) is 28.8 Å². The minimum absolute atomic E-state index is 0.114. The van der Waals surface area contributed by atoms with Crippen molar-refractivity contribution in [1.29, 1.82) is 0 Å². The average Bonchev–Trinajstić information content (AvgIpc) is 2.19. The SMILES string of the molecule is O=C(O)C1(c2cc(Cl)ccc2OC(F)F)CCC1. The van der Waals surface area contributed by atoms with Gasteiger partial charge in [0.05, 0.1) is 5.41 Å². The van der Waals surface area contributed by atoms with Gasteiger partial charge >= 0.3 is 12.6 Å². The molecular formula is C12H11ClF2O3. The lowest BCUT2D eigenvalue weighted by molar-refractivity contribution is -0.147. The predicted molar refractivity (Wildman–Crippen MR) is 61.2 cm³/mol. The summed E-state index contributed by atoms with van der Waals surface area (Å²) in [5, 5.41) is 9.61. The van der Waals surface area contributed by atoms with E-state index in [0.29, 0.717) is 17.9 Å². The molecule has 1 aliphatic carbocycles. The maximum absolute atomic E-state index is 12.3. The Morgan fingerprint density at radius 1 is 1.44 bits per heavy atom. The van der Waals surface area contributed by atoms with Crippen LogP contribution in [0, 0.1) is 0 Å². The monoisotopic (exact) mass is 276 g/mol. The molecule has 0 aliphatic heterocycles. The number of carbonyl (C=O) groups is 1. The summed E-state index contributed by atoms with van der Waals surface area (Å²) in [7, 11) is 0. The fourth-order valence-corrected chi connectivity index (χ4v) is 2.38. The second-order valence-corrected chi connectivity index (χ2v) is 4.70. The van der Waals surface area contributed by atoms with E-state index in [2.05, 4.69) is 4.74 Å². The van der Waals surface area contributed by atoms with Crippen LogP contribution in [-0.2, 0) is 10.2 Å². The maximum atomic E-state index is 12.3. The number of alkyl halides is 2. The van der Waals surface area contributed by atoms with E-state index in [4.69, 9.17) is 11.6 Å². The van der Waals surface area contributed by atoms with Crippen molar-refractivity contribution >= 4 is 17.6 Å². The highest BCUT2D eigenvalue weighted by molar-refractivity contribution is 6.30. The van der Waals surface area contributed by atoms with Crippen molar-refractivity contribution in [2.24, 2.45) is 0 Å². The second-order valence-electron chi connectivity index (χ2n) is 4.26. The Morgan fingerprint density at radius 3 is 2.56 bits per heavy atom. The summed E-state index contributed by atoms with van der Waals surface area (Å²) in [6.07, 6.45) is 1.55. The van der Waals surface area contributed by atoms with Gasteiger partial charge in [-0.1, -0.05) is 18.0 Å². The molecule has 98 valence electrons. The first-order valence-corrected chi connectivity index (χ1v) is 5.82. The van der Waals surface area contributed by atoms with E-state index >= 15 is 0 Å². The van der Waals surface area contributed by atoms with E-state index in [1.165, 1.54) is 18.2 Å². The number of hydrogen-bond acceptors (Lipinski definition) is 2. The molecule has 1 aromatic carbocycles. The number of halogens is 3. The molecule has 1 aromatic rings. The first kappa shape index (κ1) is 13.1. The molecule has 1 saturated carbocycles. The van der Waals surface area contributed by atoms with E-state index < -0.39 is 18.0 Å². The van der Waals surface area contributed by atoms with Gasteiger partial charge in [-0.3, -0.25) is 4.79 Å². The van der Waals surface area contributed by atoms with Crippen LogP contribution >= 0.6 is 11.6 Å². The van der Waals surface area contributed by atoms with Gasteiger partial charge in [0, 0.05) is 10.6 Å². The minimum atomic E-state index is -2.99. The number of carboxylic acid groups (broad SMARTS) is 1. The second kappa shape index (κ2) is 4.72. The molecule has 1 fully saturated rings. The van der Waals surface area contributed by atoms with Crippen LogP contribution in [-0.4, -0.2) is 17.7 Å². The van der Waals surface area contributed by atoms with E-state index in [1.54, 1.807) is 0 Å². The predicted octanol–water partition coefficient (Wildman–Crippen LogP) is 3.45. The molecule has 0 bridgehead atoms. The van der Waals surface area contributed by atoms with Gasteiger partial charge < -0.3 is 9.84 Å². The van der Waals surface area contributed by atoms with Gasteiger partial charge in [0.15, 0.2) is 0 Å². The molecule has 0 spiro atoms. The highest BCUT2D eigenvalue weighted by Crippen LogP contribution is 2.48. The summed E-state index contributed by atoms with van der Waals surface area (Å²) >= 11 is 5.81. The zero-order valence-corrected chi connectivity index (χ0v) is 10.1. The van der Waals surface area contributed by atoms with Gasteiger partial charge in [-0.25, -0.2) is 0 Å². The molecule has 0 heterocycles. The summed E-state index contributed by atoms with van der Waals surface area (Å²) in [5.41, 5.74) is -0.913. The van der Waals surface area contributed by atoms with E-state index in [0.717, 1.165) is 6.42 Å². The first-order chi connectivity index (χ1) is 8.45. The third kappa shape index (κ3) is 2.14. The number of rotatable bonds is 4. The topological polar surface area (TPSA) is 46.5 Å². The number of benzene rings is 1. The van der Waals surface area contributed by atoms with E-state index in [1.807, 2.05) is 0 Å². The van der Waals surface area contributed by atoms with Crippen LogP contribution in [0.25, 0.3) is 0 Å². The van der Waals surface area contributed by atoms with E-state index in [-0.39, 0.29) is 11.3 Å². The molecule has 0 atom stereocenters. The van der Waals surface area contributed by atoms with Gasteiger partial charge in [0.1, 0.15) is 5.75 Å². The summed E-state index contributed by atoms with van der Waals surface area (Å²) in [6.45, 7) is -2.99. The third-order valence-electron chi connectivity index (χ3n) is 3.29. The lowest BCUT2D eigenvalue weighted by atomic mass is 9.64. The summed E-state index contributed by atoms with van der Waals surface area (Å²) < 4.78 is 29.0. The number of ether oxygens (including phenoxy) is 1. The zero-order valence-electron chi connectivity index (χ0n) is 9.33. The molecule has 18 heavy (non-hydrogen) atoms. The van der Waals surface area contributed by atoms with Crippen LogP contribution in [0.1, 0.15) is 24.8 Å². The molecule has 2 rings (SSSR count). The molecule has 0 aromatic heterocycles. The highest BCUT2D eigenvalue weighted by Gasteiger charge is 2.48. The Balaban J connectivity index is 2.47. The molecular weight excluding hydrogens is 266 g/mol. The number of hydrogen-bond donors (Lipinski definition) is 1. The summed E-state index contributed by atoms with van der Waals surface area (Å²) in [4.78, 5) is 11.4. The number of carboxylic acids is 1. The van der Waals surface area contributed by atoms with Crippen molar-refractivity contribution in [2.75, 3.05) is 0 Å². The standard InChI is InChI=1S/C12H11ClF2O3/c13-7-2-3-9(18-11(14)15)8(6-7)12(10(16)17)4-1-5-12/h2-3,6,11H,1,4-5H2,(H,16,17). The first-order valence-electron chi connectivity index (χ1n) is 5.44. The molecule has 1 aliphatic rings. The van der Waals surface area contributed by atoms with Crippen LogP contribution < -0.4 is 4.74 Å². The van der Waals surface area contributed by atoms with Gasteiger partial charge in [-0.05, 0) is 31.0 Å². The summed E-state index contributed by atoms with van der Waals surface area (Å²) in [6, 6.07) is 4.08. The molecule has 0 unspecified atom stereocenters. The van der Waals surface area contributed by atoms with Crippen molar-refractivity contribution in [1.82, 2.24) is 0 Å². The van der Waals surface area contributed by atoms with Gasteiger partial charge in [0.2, 0.25) is 0 Å². The normalized spacial score (nSPS) is 17.3. The van der Waals surface area contributed by atoms with Crippen LogP contribution in [0.2, 0.25) is 5.02 Å². The average molecular weight is 277 g/mol. The van der Waals surface area contributed by atoms with Crippen LogP contribution in [0.4, 0.5) is 8.78 Å². The summed E-state index contributed by atoms with van der Waals surface area (Å²) in [5.74, 6) is -1.15. The molecule has 1 N–H and O–H groups in total. The third-order valence-corrected chi connectivity index (χ3v) is 3.52. The Hall–Kier alpha value is -1.36. The lowest BCUT2D eigenvalue weighted by Crippen LogP contribution is -2.42. The van der Waals surface area contributed by atoms with Gasteiger partial charge in [0.25, 0.3) is 0 Å². The lowest BCUT2D eigenvalue weighted by Gasteiger charge is -2.38. The fourth-order valence-electron chi connectivity index (χ4n) is 2.20. The van der Waals surface area contributed by atoms with Crippen molar-refractivity contribution < 1.29 is 23.4 Å². The Morgan fingerprint density at radius 2 is 2.11 bits per heavy atom. The van der Waals surface area contributed by atoms with Crippen LogP contribution in [0.15, 0.2) is 18.2 Å². The molecule has 3 nitrogen and oxygen atoms in total. The maximum Gasteiger partial charge on any atom is 0.387 e.